The zero-order valence-corrected chi connectivity index (χ0v) is 28.8. The van der Waals surface area contributed by atoms with E-state index in [0.717, 1.165) is 43.9 Å². The van der Waals surface area contributed by atoms with E-state index in [9.17, 15) is 0 Å². The smallest absolute Gasteiger partial charge is 0.130 e. The van der Waals surface area contributed by atoms with Crippen molar-refractivity contribution in [2.24, 2.45) is 5.73 Å². The van der Waals surface area contributed by atoms with Crippen molar-refractivity contribution < 1.29 is 26.4 Å². The maximum atomic E-state index is 6.35. The van der Waals surface area contributed by atoms with Crippen LogP contribution in [0.5, 0.6) is 0 Å². The van der Waals surface area contributed by atoms with E-state index in [0.29, 0.717) is 0 Å². The molecule has 0 amide bonds. The van der Waals surface area contributed by atoms with Gasteiger partial charge < -0.3 is 32.1 Å². The molecule has 4 nitrogen and oxygen atoms in total. The number of hydrogen-bond donors (Lipinski definition) is 1. The Bertz CT molecular complexity index is 465. The molecule has 0 radical (unpaired) electrons. The van der Waals surface area contributed by atoms with Gasteiger partial charge in [-0.15, -0.1) is 0 Å². The van der Waals surface area contributed by atoms with Crippen LogP contribution in [0.1, 0.15) is 168 Å². The molecule has 244 valence electrons. The summed E-state index contributed by atoms with van der Waals surface area (Å²) in [7, 11) is 4.52. The minimum Gasteiger partial charge on any atom is -1.00 e. The largest absolute Gasteiger partial charge is 1.00 e. The van der Waals surface area contributed by atoms with Crippen LogP contribution in [0.2, 0.25) is 0 Å². The van der Waals surface area contributed by atoms with Gasteiger partial charge in [-0.3, -0.25) is 0 Å². The van der Waals surface area contributed by atoms with Crippen molar-refractivity contribution in [1.29, 1.82) is 0 Å². The molecule has 0 fully saturated rings. The molecular weight excluding hydrogens is 516 g/mol. The van der Waals surface area contributed by atoms with Crippen molar-refractivity contribution in [2.75, 3.05) is 53.6 Å². The summed E-state index contributed by atoms with van der Waals surface area (Å²) in [6.45, 7) is 9.74. The minimum absolute atomic E-state index is 0. The fourth-order valence-corrected chi connectivity index (χ4v) is 5.60. The van der Waals surface area contributed by atoms with Gasteiger partial charge in [-0.1, -0.05) is 155 Å². The first-order valence-corrected chi connectivity index (χ1v) is 17.8. The number of ether oxygens (including phenoxy) is 2. The van der Waals surface area contributed by atoms with Crippen LogP contribution < -0.4 is 18.1 Å². The number of quaternary nitrogens is 1. The van der Waals surface area contributed by atoms with Crippen molar-refractivity contribution >= 4 is 0 Å². The lowest BCUT2D eigenvalue weighted by Crippen LogP contribution is -3.00. The molecule has 5 heteroatoms. The molecule has 0 aliphatic carbocycles. The summed E-state index contributed by atoms with van der Waals surface area (Å²) in [5.41, 5.74) is 5.86. The first-order valence-electron chi connectivity index (χ1n) is 17.8. The molecule has 1 unspecified atom stereocenters. The van der Waals surface area contributed by atoms with Crippen LogP contribution in [0.4, 0.5) is 0 Å². The number of hydrogen-bond acceptors (Lipinski definition) is 3. The van der Waals surface area contributed by atoms with E-state index in [1.54, 1.807) is 0 Å². The monoisotopic (exact) mass is 591 g/mol. The maximum absolute atomic E-state index is 6.35. The number of likely N-dealkylation sites (N-methyl/N-ethyl adjacent to an activating group) is 1. The van der Waals surface area contributed by atoms with E-state index in [4.69, 9.17) is 15.2 Å². The van der Waals surface area contributed by atoms with Gasteiger partial charge in [0, 0.05) is 19.8 Å². The third-order valence-electron chi connectivity index (χ3n) is 8.23. The highest BCUT2D eigenvalue weighted by Crippen LogP contribution is 2.14. The van der Waals surface area contributed by atoms with Crippen LogP contribution in [0.3, 0.4) is 0 Å². The fourth-order valence-electron chi connectivity index (χ4n) is 5.60. The summed E-state index contributed by atoms with van der Waals surface area (Å²) in [5, 5.41) is 0. The van der Waals surface area contributed by atoms with Gasteiger partial charge in [0.15, 0.2) is 0 Å². The molecule has 0 aliphatic heterocycles. The van der Waals surface area contributed by atoms with Crippen LogP contribution in [-0.2, 0) is 9.47 Å². The maximum Gasteiger partial charge on any atom is 0.130 e. The first-order chi connectivity index (χ1) is 19.1. The Morgan fingerprint density at radius 3 is 1.25 bits per heavy atom. The zero-order chi connectivity index (χ0) is 28.7. The fraction of sp³-hybridized carbons (Fsp3) is 1.00. The van der Waals surface area contributed by atoms with Crippen molar-refractivity contribution in [3.8, 4) is 0 Å². The normalized spacial score (nSPS) is 12.5. The zero-order valence-electron chi connectivity index (χ0n) is 28.0. The highest BCUT2D eigenvalue weighted by Gasteiger charge is 2.22. The SMILES string of the molecule is CCCCCCCCCCCCCCOCC(C[N+](C)(C)CCN)OCCCCCCCCCCCCCC.[Cl-]. The van der Waals surface area contributed by atoms with Gasteiger partial charge in [0.25, 0.3) is 0 Å². The Morgan fingerprint density at radius 2 is 0.875 bits per heavy atom. The summed E-state index contributed by atoms with van der Waals surface area (Å²) >= 11 is 0. The first kappa shape index (κ1) is 42.3. The molecule has 0 aromatic carbocycles. The van der Waals surface area contributed by atoms with E-state index in [2.05, 4.69) is 27.9 Å². The molecule has 0 saturated carbocycles. The molecule has 0 spiro atoms. The van der Waals surface area contributed by atoms with E-state index in [1.807, 2.05) is 0 Å². The molecule has 0 aliphatic rings. The van der Waals surface area contributed by atoms with Gasteiger partial charge in [-0.2, -0.15) is 0 Å². The Hall–Kier alpha value is 0.130. The van der Waals surface area contributed by atoms with E-state index >= 15 is 0 Å². The van der Waals surface area contributed by atoms with Gasteiger partial charge in [-0.25, -0.2) is 0 Å². The average molecular weight is 591 g/mol. The number of nitrogens with zero attached hydrogens (tertiary/aromatic N) is 1. The Balaban J connectivity index is 0. The third-order valence-corrected chi connectivity index (χ3v) is 8.23. The van der Waals surface area contributed by atoms with Crippen molar-refractivity contribution in [3.05, 3.63) is 0 Å². The van der Waals surface area contributed by atoms with E-state index in [-0.39, 0.29) is 18.5 Å². The molecule has 40 heavy (non-hydrogen) atoms. The van der Waals surface area contributed by atoms with Crippen LogP contribution in [0.15, 0.2) is 0 Å². The predicted molar refractivity (Wildman–Crippen MR) is 174 cm³/mol. The van der Waals surface area contributed by atoms with Crippen molar-refractivity contribution in [3.63, 3.8) is 0 Å². The Morgan fingerprint density at radius 1 is 0.525 bits per heavy atom. The lowest BCUT2D eigenvalue weighted by Gasteiger charge is -2.33. The number of rotatable bonds is 33. The minimum atomic E-state index is 0. The Labute approximate surface area is 259 Å². The predicted octanol–water partition coefficient (Wildman–Crippen LogP) is 6.83. The molecule has 1 atom stereocenters. The number of halogens is 1. The lowest BCUT2D eigenvalue weighted by molar-refractivity contribution is -0.892. The molecule has 0 aromatic rings. The second-order valence-corrected chi connectivity index (χ2v) is 13.0. The lowest BCUT2D eigenvalue weighted by atomic mass is 10.1. The number of nitrogens with two attached hydrogens (primary N) is 1. The van der Waals surface area contributed by atoms with Crippen molar-refractivity contribution in [1.82, 2.24) is 0 Å². The molecule has 0 heterocycles. The molecule has 0 aromatic heterocycles. The molecule has 2 N–H and O–H groups in total. The topological polar surface area (TPSA) is 44.5 Å². The van der Waals surface area contributed by atoms with E-state index in [1.165, 1.54) is 154 Å². The summed E-state index contributed by atoms with van der Waals surface area (Å²) in [6.07, 6.45) is 33.3. The average Bonchev–Trinajstić information content (AvgIpc) is 2.91. The van der Waals surface area contributed by atoms with Gasteiger partial charge in [0.1, 0.15) is 12.6 Å². The van der Waals surface area contributed by atoms with Crippen LogP contribution in [-0.4, -0.2) is 64.1 Å². The van der Waals surface area contributed by atoms with Crippen LogP contribution in [0, 0.1) is 0 Å². The second-order valence-electron chi connectivity index (χ2n) is 13.0. The molecule has 0 rings (SSSR count). The third kappa shape index (κ3) is 32.6. The quantitative estimate of drug-likeness (QED) is 0.0673. The van der Waals surface area contributed by atoms with E-state index < -0.39 is 0 Å². The molecule has 0 saturated heterocycles. The van der Waals surface area contributed by atoms with Crippen molar-refractivity contribution in [2.45, 2.75) is 174 Å². The highest BCUT2D eigenvalue weighted by atomic mass is 35.5. The second kappa shape index (κ2) is 33.6. The summed E-state index contributed by atoms with van der Waals surface area (Å²) in [4.78, 5) is 0. The van der Waals surface area contributed by atoms with Gasteiger partial charge >= 0.3 is 0 Å². The number of unbranched alkanes of at least 4 members (excludes halogenated alkanes) is 22. The van der Waals surface area contributed by atoms with Crippen LogP contribution >= 0.6 is 0 Å². The Kier molecular flexibility index (Phi) is 35.5. The summed E-state index contributed by atoms with van der Waals surface area (Å²) < 4.78 is 13.4. The highest BCUT2D eigenvalue weighted by molar-refractivity contribution is 4.58. The molecule has 0 bridgehead atoms. The van der Waals surface area contributed by atoms with Gasteiger partial charge in [-0.05, 0) is 12.8 Å². The van der Waals surface area contributed by atoms with Gasteiger partial charge in [0.2, 0.25) is 0 Å². The van der Waals surface area contributed by atoms with Crippen LogP contribution in [0.25, 0.3) is 0 Å². The summed E-state index contributed by atoms with van der Waals surface area (Å²) in [5.74, 6) is 0. The molecular formula is C35H75ClN2O2. The van der Waals surface area contributed by atoms with Gasteiger partial charge in [0.05, 0.1) is 27.2 Å². The summed E-state index contributed by atoms with van der Waals surface area (Å²) in [6, 6.07) is 0. The standard InChI is InChI=1S/C35H75N2O2.ClH/c1-5-7-9-11-13-15-17-19-21-23-25-27-31-38-34-35(33-37(3,4)30-29-36)39-32-28-26-24-22-20-18-16-14-12-10-8-6-2;/h35H,5-34,36H2,1-4H3;1H/q+1;/p-1.